The highest BCUT2D eigenvalue weighted by Crippen LogP contribution is 2.70. The number of nitrogens with one attached hydrogen (secondary N) is 1. The highest BCUT2D eigenvalue weighted by Gasteiger charge is 2.68. The lowest BCUT2D eigenvalue weighted by molar-refractivity contribution is -0.387. The van der Waals surface area contributed by atoms with Crippen LogP contribution in [-0.2, 0) is 33.2 Å². The number of aliphatic hydroxyl groups excluding tert-OH is 8. The Labute approximate surface area is 359 Å². The first-order chi connectivity index (χ1) is 28.9. The van der Waals surface area contributed by atoms with Gasteiger partial charge in [0.15, 0.2) is 18.9 Å². The third kappa shape index (κ3) is 7.42. The fourth-order valence-corrected chi connectivity index (χ4v) is 14.2. The Morgan fingerprint density at radius 2 is 1.34 bits per heavy atom. The molecule has 0 bridgehead atoms. The second-order valence-electron chi connectivity index (χ2n) is 21.2. The SMILES string of the molecule is CC1CCC2(NC1)OC1CC3C4CC=C5CC(OC6OC(CO)C(OC7OC(C)C(O)C(O)C7O)C(OC7OC(C)C(O)C(O)C7O)C6O)CCC5(C)C4CCC3(C)C1C2C. The van der Waals surface area contributed by atoms with Gasteiger partial charge in [0, 0.05) is 12.5 Å². The first-order valence-corrected chi connectivity index (χ1v) is 23.3. The molecule has 0 aromatic rings. The first-order valence-electron chi connectivity index (χ1n) is 23.3. The Morgan fingerprint density at radius 3 is 1.97 bits per heavy atom. The summed E-state index contributed by atoms with van der Waals surface area (Å²) in [5.41, 5.74) is 1.44. The summed E-state index contributed by atoms with van der Waals surface area (Å²) in [6.45, 7) is 13.1. The van der Waals surface area contributed by atoms with Crippen LogP contribution in [-0.4, -0.2) is 164 Å². The van der Waals surface area contributed by atoms with E-state index in [1.54, 1.807) is 0 Å². The van der Waals surface area contributed by atoms with Crippen molar-refractivity contribution in [2.45, 2.75) is 209 Å². The molecule has 61 heavy (non-hydrogen) atoms. The molecule has 8 fully saturated rings. The third-order valence-corrected chi connectivity index (χ3v) is 17.9. The molecule has 26 atom stereocenters. The van der Waals surface area contributed by atoms with Gasteiger partial charge in [-0.25, -0.2) is 0 Å². The summed E-state index contributed by atoms with van der Waals surface area (Å²) in [5.74, 6) is 3.46. The van der Waals surface area contributed by atoms with E-state index in [1.807, 2.05) is 0 Å². The number of aliphatic hydroxyl groups is 8. The Bertz CT molecular complexity index is 1600. The Kier molecular flexibility index (Phi) is 12.4. The maximum absolute atomic E-state index is 12.0. The first kappa shape index (κ1) is 45.3. The predicted molar refractivity (Wildman–Crippen MR) is 215 cm³/mol. The van der Waals surface area contributed by atoms with Crippen molar-refractivity contribution < 1.29 is 74.0 Å². The quantitative estimate of drug-likeness (QED) is 0.161. The molecule has 4 aliphatic carbocycles. The fourth-order valence-electron chi connectivity index (χ4n) is 14.2. The van der Waals surface area contributed by atoms with Crippen LogP contribution >= 0.6 is 0 Å². The lowest BCUT2D eigenvalue weighted by Crippen LogP contribution is -2.67. The van der Waals surface area contributed by atoms with Crippen molar-refractivity contribution in [1.82, 2.24) is 5.32 Å². The zero-order valence-corrected chi connectivity index (χ0v) is 36.6. The summed E-state index contributed by atoms with van der Waals surface area (Å²) in [4.78, 5) is 0. The Morgan fingerprint density at radius 1 is 0.705 bits per heavy atom. The number of piperidine rings is 1. The topological polar surface area (TPSA) is 238 Å². The van der Waals surface area contributed by atoms with Crippen molar-refractivity contribution in [3.8, 4) is 0 Å². The van der Waals surface area contributed by atoms with E-state index in [2.05, 4.69) is 39.1 Å². The van der Waals surface area contributed by atoms with Gasteiger partial charge in [-0.2, -0.15) is 0 Å². The van der Waals surface area contributed by atoms with Gasteiger partial charge in [0.2, 0.25) is 0 Å². The molecule has 0 radical (unpaired) electrons. The number of allylic oxidation sites excluding steroid dienone is 1. The number of hydrogen-bond donors (Lipinski definition) is 9. The minimum absolute atomic E-state index is 0.00743. The summed E-state index contributed by atoms with van der Waals surface area (Å²) < 4.78 is 43.6. The van der Waals surface area contributed by atoms with E-state index in [0.29, 0.717) is 54.5 Å². The lowest BCUT2D eigenvalue weighted by atomic mass is 9.47. The van der Waals surface area contributed by atoms with Gasteiger partial charge in [-0.1, -0.05) is 39.3 Å². The number of fused-ring (bicyclic) bond motifs is 7. The van der Waals surface area contributed by atoms with Gasteiger partial charge >= 0.3 is 0 Å². The molecule has 9 rings (SSSR count). The second-order valence-corrected chi connectivity index (χ2v) is 21.2. The summed E-state index contributed by atoms with van der Waals surface area (Å²) in [6.07, 6.45) is -10.0. The van der Waals surface area contributed by atoms with Crippen LogP contribution in [0.5, 0.6) is 0 Å². The van der Waals surface area contributed by atoms with Gasteiger partial charge in [-0.05, 0) is 112 Å². The van der Waals surface area contributed by atoms with Crippen molar-refractivity contribution >= 4 is 0 Å². The fraction of sp³-hybridized carbons (Fsp3) is 0.956. The molecule has 0 aromatic heterocycles. The van der Waals surface area contributed by atoms with Crippen LogP contribution in [0.3, 0.4) is 0 Å². The van der Waals surface area contributed by atoms with Gasteiger partial charge < -0.3 is 74.0 Å². The average molecular weight is 868 g/mol. The number of hydrogen-bond acceptors (Lipinski definition) is 16. The molecular weight excluding hydrogens is 794 g/mol. The van der Waals surface area contributed by atoms with Crippen LogP contribution < -0.4 is 5.32 Å². The highest BCUT2D eigenvalue weighted by atomic mass is 16.8. The maximum atomic E-state index is 12.0. The molecule has 9 aliphatic rings. The van der Waals surface area contributed by atoms with Crippen molar-refractivity contribution in [1.29, 1.82) is 0 Å². The average Bonchev–Trinajstić information content (AvgIpc) is 3.69. The predicted octanol–water partition coefficient (Wildman–Crippen LogP) is 0.815. The van der Waals surface area contributed by atoms with E-state index in [9.17, 15) is 40.9 Å². The van der Waals surface area contributed by atoms with Crippen LogP contribution in [0, 0.1) is 46.3 Å². The van der Waals surface area contributed by atoms with Gasteiger partial charge in [-0.3, -0.25) is 5.32 Å². The molecule has 3 saturated carbocycles. The van der Waals surface area contributed by atoms with Crippen LogP contribution in [0.2, 0.25) is 0 Å². The summed E-state index contributed by atoms with van der Waals surface area (Å²) in [6, 6.07) is 0. The van der Waals surface area contributed by atoms with E-state index >= 15 is 0 Å². The molecule has 0 amide bonds. The van der Waals surface area contributed by atoms with Gasteiger partial charge in [0.1, 0.15) is 66.8 Å². The standard InChI is InChI=1S/C45H73NO15/c1-19-9-14-45(46-17-19)20(2)30-28(61-45)16-27-25-8-7-23-15-24(10-12-43(23,5)26(25)11-13-44(27,30)6)57-42-37(54)39(60-41-36(53)34(51)32(49)22(4)56-41)38(29(18-47)58-42)59-40-35(52)33(50)31(48)21(3)55-40/h7,19-22,24-42,46-54H,8-18H2,1-6H3. The minimum Gasteiger partial charge on any atom is -0.394 e. The monoisotopic (exact) mass is 867 g/mol. The van der Waals surface area contributed by atoms with E-state index in [4.69, 9.17) is 33.2 Å². The molecule has 16 heteroatoms. The van der Waals surface area contributed by atoms with Gasteiger partial charge in [0.05, 0.1) is 31.0 Å². The summed E-state index contributed by atoms with van der Waals surface area (Å²) >= 11 is 0. The number of ether oxygens (including phenoxy) is 7. The smallest absolute Gasteiger partial charge is 0.187 e. The molecule has 1 spiro atoms. The maximum Gasteiger partial charge on any atom is 0.187 e. The largest absolute Gasteiger partial charge is 0.394 e. The molecule has 16 nitrogen and oxygen atoms in total. The summed E-state index contributed by atoms with van der Waals surface area (Å²) in [7, 11) is 0. The zero-order valence-electron chi connectivity index (χ0n) is 36.6. The zero-order chi connectivity index (χ0) is 43.5. The van der Waals surface area contributed by atoms with Crippen molar-refractivity contribution in [2.24, 2.45) is 46.3 Å². The molecule has 0 aromatic carbocycles. The Balaban J connectivity index is 0.905. The van der Waals surface area contributed by atoms with E-state index < -0.39 is 98.7 Å². The van der Waals surface area contributed by atoms with Gasteiger partial charge in [0.25, 0.3) is 0 Å². The molecule has 5 saturated heterocycles. The second kappa shape index (κ2) is 16.8. The molecule has 5 aliphatic heterocycles. The van der Waals surface area contributed by atoms with Crippen LogP contribution in [0.15, 0.2) is 11.6 Å². The van der Waals surface area contributed by atoms with E-state index in [-0.39, 0.29) is 22.7 Å². The molecule has 9 N–H and O–H groups in total. The minimum atomic E-state index is -1.73. The van der Waals surface area contributed by atoms with E-state index in [1.165, 1.54) is 38.7 Å². The summed E-state index contributed by atoms with van der Waals surface area (Å²) in [5, 5.41) is 90.0. The van der Waals surface area contributed by atoms with Crippen molar-refractivity contribution in [3.63, 3.8) is 0 Å². The van der Waals surface area contributed by atoms with Crippen molar-refractivity contribution in [2.75, 3.05) is 13.2 Å². The van der Waals surface area contributed by atoms with Crippen LogP contribution in [0.1, 0.15) is 99.3 Å². The molecule has 348 valence electrons. The van der Waals surface area contributed by atoms with Crippen LogP contribution in [0.25, 0.3) is 0 Å². The molecular formula is C45H73NO15. The van der Waals surface area contributed by atoms with Crippen LogP contribution in [0.4, 0.5) is 0 Å². The molecule has 26 unspecified atom stereocenters. The highest BCUT2D eigenvalue weighted by molar-refractivity contribution is 5.26. The normalized spacial score (nSPS) is 58.4. The van der Waals surface area contributed by atoms with E-state index in [0.717, 1.165) is 32.2 Å². The van der Waals surface area contributed by atoms with Crippen molar-refractivity contribution in [3.05, 3.63) is 11.6 Å². The third-order valence-electron chi connectivity index (χ3n) is 17.9. The molecule has 5 heterocycles. The lowest BCUT2D eigenvalue weighted by Gasteiger charge is -2.59. The van der Waals surface area contributed by atoms with Gasteiger partial charge in [-0.15, -0.1) is 0 Å². The Hall–Kier alpha value is -0.900. The number of rotatable bonds is 7.